The molecule has 0 aliphatic heterocycles. The topological polar surface area (TPSA) is 71.2 Å². The van der Waals surface area contributed by atoms with Crippen molar-refractivity contribution < 1.29 is 14.3 Å². The van der Waals surface area contributed by atoms with Crippen LogP contribution >= 0.6 is 0 Å². The highest BCUT2D eigenvalue weighted by Gasteiger charge is 2.27. The monoisotopic (exact) mass is 288 g/mol. The third kappa shape index (κ3) is 3.24. The highest BCUT2D eigenvalue weighted by Crippen LogP contribution is 2.15. The van der Waals surface area contributed by atoms with Gasteiger partial charge in [-0.1, -0.05) is 20.3 Å². The van der Waals surface area contributed by atoms with Gasteiger partial charge in [-0.25, -0.2) is 4.79 Å². The number of fused-ring (bicyclic) bond motifs is 1. The molecular formula is C16H20N2O3. The summed E-state index contributed by atoms with van der Waals surface area (Å²) in [7, 11) is 1.33. The molecule has 0 fully saturated rings. The minimum Gasteiger partial charge on any atom is -0.467 e. The highest BCUT2D eigenvalue weighted by atomic mass is 16.5. The third-order valence-electron chi connectivity index (χ3n) is 3.77. The average Bonchev–Trinajstić information content (AvgIpc) is 2.98. The Morgan fingerprint density at radius 2 is 2.10 bits per heavy atom. The molecule has 112 valence electrons. The average molecular weight is 288 g/mol. The van der Waals surface area contributed by atoms with Crippen LogP contribution < -0.4 is 5.32 Å². The van der Waals surface area contributed by atoms with Crippen molar-refractivity contribution >= 4 is 22.8 Å². The maximum atomic E-state index is 12.3. The zero-order valence-electron chi connectivity index (χ0n) is 12.5. The van der Waals surface area contributed by atoms with E-state index >= 15 is 0 Å². The zero-order valence-corrected chi connectivity index (χ0v) is 12.5. The van der Waals surface area contributed by atoms with Crippen molar-refractivity contribution in [3.63, 3.8) is 0 Å². The first-order valence-corrected chi connectivity index (χ1v) is 7.02. The number of benzene rings is 1. The van der Waals surface area contributed by atoms with E-state index in [2.05, 4.69) is 10.3 Å². The summed E-state index contributed by atoms with van der Waals surface area (Å²) in [5.74, 6) is -0.674. The molecule has 2 N–H and O–H groups in total. The maximum absolute atomic E-state index is 12.3. The van der Waals surface area contributed by atoms with Gasteiger partial charge in [-0.3, -0.25) is 4.79 Å². The highest BCUT2D eigenvalue weighted by molar-refractivity contribution is 5.99. The minimum absolute atomic E-state index is 0.0115. The molecule has 0 bridgehead atoms. The lowest BCUT2D eigenvalue weighted by Crippen LogP contribution is -2.45. The van der Waals surface area contributed by atoms with Crippen molar-refractivity contribution in [3.05, 3.63) is 36.0 Å². The van der Waals surface area contributed by atoms with E-state index in [1.54, 1.807) is 12.1 Å². The van der Waals surface area contributed by atoms with Gasteiger partial charge in [-0.2, -0.15) is 0 Å². The number of carbonyl (C=O) groups excluding carboxylic acids is 2. The molecule has 5 nitrogen and oxygen atoms in total. The summed E-state index contributed by atoms with van der Waals surface area (Å²) in [5, 5.41) is 3.73. The first-order valence-electron chi connectivity index (χ1n) is 7.02. The second kappa shape index (κ2) is 6.43. The normalized spacial score (nSPS) is 13.7. The van der Waals surface area contributed by atoms with Crippen LogP contribution in [0.2, 0.25) is 0 Å². The Morgan fingerprint density at radius 1 is 1.33 bits per heavy atom. The van der Waals surface area contributed by atoms with Gasteiger partial charge in [0.25, 0.3) is 5.91 Å². The van der Waals surface area contributed by atoms with Crippen molar-refractivity contribution in [3.8, 4) is 0 Å². The molecule has 0 saturated heterocycles. The molecule has 2 aromatic rings. The fourth-order valence-electron chi connectivity index (χ4n) is 2.22. The van der Waals surface area contributed by atoms with Crippen LogP contribution in [0.1, 0.15) is 30.6 Å². The number of esters is 1. The second-order valence-corrected chi connectivity index (χ2v) is 5.14. The first kappa shape index (κ1) is 15.1. The molecule has 0 aliphatic rings. The molecule has 2 rings (SSSR count). The molecule has 1 heterocycles. The molecule has 2 unspecified atom stereocenters. The Balaban J connectivity index is 2.19. The summed E-state index contributed by atoms with van der Waals surface area (Å²) >= 11 is 0. The molecule has 0 saturated carbocycles. The summed E-state index contributed by atoms with van der Waals surface area (Å²) in [6.45, 7) is 3.88. The van der Waals surface area contributed by atoms with Crippen LogP contribution in [0.15, 0.2) is 30.5 Å². The van der Waals surface area contributed by atoms with Gasteiger partial charge in [0, 0.05) is 22.7 Å². The Labute approximate surface area is 123 Å². The van der Waals surface area contributed by atoms with Gasteiger partial charge in [0.15, 0.2) is 0 Å². The summed E-state index contributed by atoms with van der Waals surface area (Å²) in [6, 6.07) is 6.65. The Hall–Kier alpha value is -2.30. The molecule has 1 amide bonds. The van der Waals surface area contributed by atoms with E-state index in [1.165, 1.54) is 7.11 Å². The number of aromatic amines is 1. The van der Waals surface area contributed by atoms with Gasteiger partial charge in [0.05, 0.1) is 7.11 Å². The Bertz CT molecular complexity index is 648. The number of hydrogen-bond donors (Lipinski definition) is 2. The number of aromatic nitrogens is 1. The molecule has 0 spiro atoms. The molecule has 0 aliphatic carbocycles. The Morgan fingerprint density at radius 3 is 2.76 bits per heavy atom. The van der Waals surface area contributed by atoms with Crippen LogP contribution in [0.3, 0.4) is 0 Å². The van der Waals surface area contributed by atoms with Gasteiger partial charge in [0.1, 0.15) is 6.04 Å². The largest absolute Gasteiger partial charge is 0.467 e. The predicted molar refractivity (Wildman–Crippen MR) is 81.0 cm³/mol. The summed E-state index contributed by atoms with van der Waals surface area (Å²) in [4.78, 5) is 27.2. The van der Waals surface area contributed by atoms with Crippen LogP contribution in [-0.4, -0.2) is 30.0 Å². The SMILES string of the molecule is CCC(C)C(NC(=O)c1ccc2[nH]ccc2c1)C(=O)OC. The third-order valence-corrected chi connectivity index (χ3v) is 3.77. The van der Waals surface area contributed by atoms with E-state index in [9.17, 15) is 9.59 Å². The summed E-state index contributed by atoms with van der Waals surface area (Å²) in [6.07, 6.45) is 2.60. The van der Waals surface area contributed by atoms with Crippen molar-refractivity contribution in [1.82, 2.24) is 10.3 Å². The smallest absolute Gasteiger partial charge is 0.328 e. The first-order chi connectivity index (χ1) is 10.1. The fraction of sp³-hybridized carbons (Fsp3) is 0.375. The fourth-order valence-corrected chi connectivity index (χ4v) is 2.22. The molecule has 1 aromatic carbocycles. The number of H-pyrrole nitrogens is 1. The second-order valence-electron chi connectivity index (χ2n) is 5.14. The number of rotatable bonds is 5. The van der Waals surface area contributed by atoms with Gasteiger partial charge in [0.2, 0.25) is 0 Å². The van der Waals surface area contributed by atoms with E-state index < -0.39 is 12.0 Å². The molecular weight excluding hydrogens is 268 g/mol. The Kier molecular flexibility index (Phi) is 4.62. The van der Waals surface area contributed by atoms with Crippen LogP contribution in [0.5, 0.6) is 0 Å². The van der Waals surface area contributed by atoms with Crippen molar-refractivity contribution in [2.24, 2.45) is 5.92 Å². The summed E-state index contributed by atoms with van der Waals surface area (Å²) < 4.78 is 4.77. The number of hydrogen-bond acceptors (Lipinski definition) is 3. The van der Waals surface area contributed by atoms with Crippen LogP contribution in [0, 0.1) is 5.92 Å². The van der Waals surface area contributed by atoms with Crippen LogP contribution in [0.4, 0.5) is 0 Å². The van der Waals surface area contributed by atoms with Gasteiger partial charge in [-0.05, 0) is 30.2 Å². The van der Waals surface area contributed by atoms with Gasteiger partial charge >= 0.3 is 5.97 Å². The van der Waals surface area contributed by atoms with Crippen molar-refractivity contribution in [1.29, 1.82) is 0 Å². The van der Waals surface area contributed by atoms with E-state index in [4.69, 9.17) is 4.74 Å². The molecule has 0 radical (unpaired) electrons. The van der Waals surface area contributed by atoms with Gasteiger partial charge in [-0.15, -0.1) is 0 Å². The van der Waals surface area contributed by atoms with Crippen molar-refractivity contribution in [2.75, 3.05) is 7.11 Å². The lowest BCUT2D eigenvalue weighted by atomic mass is 9.98. The lowest BCUT2D eigenvalue weighted by molar-refractivity contribution is -0.144. The number of amides is 1. The van der Waals surface area contributed by atoms with Crippen molar-refractivity contribution in [2.45, 2.75) is 26.3 Å². The maximum Gasteiger partial charge on any atom is 0.328 e. The molecule has 21 heavy (non-hydrogen) atoms. The number of ether oxygens (including phenoxy) is 1. The van der Waals surface area contributed by atoms with E-state index in [1.807, 2.05) is 32.2 Å². The van der Waals surface area contributed by atoms with Crippen LogP contribution in [0.25, 0.3) is 10.9 Å². The molecule has 1 aromatic heterocycles. The quantitative estimate of drug-likeness (QED) is 0.830. The lowest BCUT2D eigenvalue weighted by Gasteiger charge is -2.21. The number of nitrogens with one attached hydrogen (secondary N) is 2. The number of methoxy groups -OCH3 is 1. The zero-order chi connectivity index (χ0) is 15.4. The number of carbonyl (C=O) groups is 2. The van der Waals surface area contributed by atoms with E-state index in [0.29, 0.717) is 5.56 Å². The predicted octanol–water partition coefficient (Wildman–Crippen LogP) is 2.49. The summed E-state index contributed by atoms with van der Waals surface area (Å²) in [5.41, 5.74) is 1.50. The minimum atomic E-state index is -0.630. The van der Waals surface area contributed by atoms with E-state index in [-0.39, 0.29) is 11.8 Å². The van der Waals surface area contributed by atoms with Crippen LogP contribution in [-0.2, 0) is 9.53 Å². The van der Waals surface area contributed by atoms with Gasteiger partial charge < -0.3 is 15.0 Å². The van der Waals surface area contributed by atoms with E-state index in [0.717, 1.165) is 17.3 Å². The molecule has 5 heteroatoms. The standard InChI is InChI=1S/C16H20N2O3/c1-4-10(2)14(16(20)21-3)18-15(19)12-5-6-13-11(9-12)7-8-17-13/h5-10,14,17H,4H2,1-3H3,(H,18,19). The molecule has 2 atom stereocenters.